The van der Waals surface area contributed by atoms with Gasteiger partial charge in [-0.25, -0.2) is 8.42 Å². The van der Waals surface area contributed by atoms with E-state index in [1.165, 1.54) is 0 Å². The number of carboxylic acids is 1. The first-order valence-electron chi connectivity index (χ1n) is 7.42. The monoisotopic (exact) mass is 308 g/mol. The lowest BCUT2D eigenvalue weighted by Crippen LogP contribution is -2.41. The summed E-state index contributed by atoms with van der Waals surface area (Å²) in [5.41, 5.74) is -0.221. The Morgan fingerprint density at radius 3 is 2.48 bits per heavy atom. The predicted molar refractivity (Wildman–Crippen MR) is 78.9 cm³/mol. The normalized spacial score (nSPS) is 34.3. The van der Waals surface area contributed by atoms with Gasteiger partial charge < -0.3 is 5.11 Å². The van der Waals surface area contributed by atoms with Crippen molar-refractivity contribution in [3.05, 3.63) is 29.8 Å². The Morgan fingerprint density at radius 2 is 1.86 bits per heavy atom. The van der Waals surface area contributed by atoms with E-state index in [4.69, 9.17) is 0 Å². The second-order valence-corrected chi connectivity index (χ2v) is 8.52. The molecule has 2 aliphatic rings. The van der Waals surface area contributed by atoms with E-state index in [0.717, 1.165) is 12.8 Å². The van der Waals surface area contributed by atoms with Gasteiger partial charge in [0, 0.05) is 5.92 Å². The van der Waals surface area contributed by atoms with Gasteiger partial charge in [0.2, 0.25) is 0 Å². The van der Waals surface area contributed by atoms with Gasteiger partial charge in [0.1, 0.15) is 0 Å². The topological polar surface area (TPSA) is 71.4 Å². The molecule has 21 heavy (non-hydrogen) atoms. The highest BCUT2D eigenvalue weighted by Gasteiger charge is 2.53. The summed E-state index contributed by atoms with van der Waals surface area (Å²) in [4.78, 5) is 12.3. The molecule has 5 heteroatoms. The average molecular weight is 308 g/mol. The van der Waals surface area contributed by atoms with Gasteiger partial charge in [-0.05, 0) is 43.2 Å². The van der Waals surface area contributed by atoms with Gasteiger partial charge >= 0.3 is 5.97 Å². The fourth-order valence-corrected chi connectivity index (χ4v) is 5.87. The van der Waals surface area contributed by atoms with Gasteiger partial charge in [-0.1, -0.05) is 25.1 Å². The third kappa shape index (κ3) is 2.18. The van der Waals surface area contributed by atoms with E-state index in [1.807, 2.05) is 0 Å². The van der Waals surface area contributed by atoms with Crippen LogP contribution in [-0.2, 0) is 14.6 Å². The molecule has 1 aliphatic carbocycles. The van der Waals surface area contributed by atoms with Gasteiger partial charge in [-0.3, -0.25) is 4.79 Å². The first-order chi connectivity index (χ1) is 9.87. The van der Waals surface area contributed by atoms with Crippen LogP contribution in [0, 0.1) is 11.3 Å². The summed E-state index contributed by atoms with van der Waals surface area (Å²) >= 11 is 0. The zero-order valence-electron chi connectivity index (χ0n) is 12.1. The highest BCUT2D eigenvalue weighted by Crippen LogP contribution is 2.53. The van der Waals surface area contributed by atoms with E-state index in [-0.39, 0.29) is 5.75 Å². The Labute approximate surface area is 125 Å². The number of rotatable bonds is 2. The molecule has 0 amide bonds. The molecule has 0 radical (unpaired) electrons. The van der Waals surface area contributed by atoms with E-state index in [0.29, 0.717) is 29.2 Å². The molecule has 1 fully saturated rings. The number of carboxylic acid groups (broad SMARTS) is 1. The first-order valence-corrected chi connectivity index (χ1v) is 9.07. The third-order valence-corrected chi connectivity index (χ3v) is 7.09. The Balaban J connectivity index is 2.09. The van der Waals surface area contributed by atoms with Crippen molar-refractivity contribution in [2.24, 2.45) is 11.3 Å². The lowest BCUT2D eigenvalue weighted by molar-refractivity contribution is -0.153. The molecule has 0 spiro atoms. The minimum atomic E-state index is -3.35. The van der Waals surface area contributed by atoms with E-state index in [9.17, 15) is 18.3 Å². The summed E-state index contributed by atoms with van der Waals surface area (Å²) in [5.74, 6) is -0.798. The van der Waals surface area contributed by atoms with Crippen molar-refractivity contribution in [2.75, 3.05) is 5.75 Å². The Morgan fingerprint density at radius 1 is 1.24 bits per heavy atom. The van der Waals surface area contributed by atoms with Crippen LogP contribution >= 0.6 is 0 Å². The number of hydrogen-bond donors (Lipinski definition) is 1. The van der Waals surface area contributed by atoms with Crippen LogP contribution in [0.25, 0.3) is 0 Å². The lowest BCUT2D eigenvalue weighted by atomic mass is 9.62. The molecule has 1 saturated carbocycles. The van der Waals surface area contributed by atoms with E-state index < -0.39 is 27.1 Å². The van der Waals surface area contributed by atoms with Crippen LogP contribution < -0.4 is 0 Å². The molecule has 1 unspecified atom stereocenters. The second kappa shape index (κ2) is 4.83. The Bertz CT molecular complexity index is 669. The molecule has 0 aromatic heterocycles. The van der Waals surface area contributed by atoms with Crippen LogP contribution in [0.3, 0.4) is 0 Å². The molecule has 4 nitrogen and oxygen atoms in total. The zero-order valence-corrected chi connectivity index (χ0v) is 12.9. The number of fused-ring (bicyclic) bond motifs is 1. The third-order valence-electron chi connectivity index (χ3n) is 5.28. The lowest BCUT2D eigenvalue weighted by Gasteiger charge is -2.40. The van der Waals surface area contributed by atoms with E-state index >= 15 is 0 Å². The van der Waals surface area contributed by atoms with Crippen LogP contribution in [0.1, 0.15) is 44.1 Å². The molecule has 1 aromatic carbocycles. The molecule has 3 rings (SSSR count). The molecule has 1 aliphatic heterocycles. The maximum atomic E-state index is 12.3. The van der Waals surface area contributed by atoms with E-state index in [1.54, 1.807) is 24.3 Å². The molecular weight excluding hydrogens is 288 g/mol. The minimum Gasteiger partial charge on any atom is -0.481 e. The highest BCUT2D eigenvalue weighted by molar-refractivity contribution is 7.91. The fraction of sp³-hybridized carbons (Fsp3) is 0.562. The van der Waals surface area contributed by atoms with Gasteiger partial charge in [-0.15, -0.1) is 0 Å². The fourth-order valence-electron chi connectivity index (χ4n) is 3.90. The molecule has 1 atom stereocenters. The van der Waals surface area contributed by atoms with Gasteiger partial charge in [0.15, 0.2) is 9.84 Å². The standard InChI is InChI=1S/C16H20O4S/c1-11-6-8-16(9-7-11,15(17)18)13-10-21(19,20)14-5-3-2-4-12(13)14/h2-5,11,13H,6-10H2,1H3,(H,17,18). The van der Waals surface area contributed by atoms with Crippen LogP contribution in [-0.4, -0.2) is 25.2 Å². The Hall–Kier alpha value is -1.36. The molecule has 1 N–H and O–H groups in total. The predicted octanol–water partition coefficient (Wildman–Crippen LogP) is 2.84. The van der Waals surface area contributed by atoms with Crippen molar-refractivity contribution in [3.8, 4) is 0 Å². The summed E-state index contributed by atoms with van der Waals surface area (Å²) < 4.78 is 24.7. The number of benzene rings is 1. The number of hydrogen-bond acceptors (Lipinski definition) is 3. The molecule has 0 bridgehead atoms. The van der Waals surface area contributed by atoms with Crippen molar-refractivity contribution in [1.29, 1.82) is 0 Å². The van der Waals surface area contributed by atoms with Gasteiger partial charge in [0.25, 0.3) is 0 Å². The summed E-state index contributed by atoms with van der Waals surface area (Å²) in [6, 6.07) is 6.89. The molecule has 1 aromatic rings. The maximum absolute atomic E-state index is 12.3. The largest absolute Gasteiger partial charge is 0.481 e. The van der Waals surface area contributed by atoms with Crippen LogP contribution in [0.15, 0.2) is 29.2 Å². The van der Waals surface area contributed by atoms with Crippen LogP contribution in [0.5, 0.6) is 0 Å². The van der Waals surface area contributed by atoms with E-state index in [2.05, 4.69) is 6.92 Å². The summed E-state index contributed by atoms with van der Waals surface area (Å²) in [6.07, 6.45) is 2.84. The van der Waals surface area contributed by atoms with Crippen LogP contribution in [0.4, 0.5) is 0 Å². The maximum Gasteiger partial charge on any atom is 0.310 e. The number of carbonyl (C=O) groups is 1. The van der Waals surface area contributed by atoms with Crippen molar-refractivity contribution in [1.82, 2.24) is 0 Å². The Kier molecular flexibility index (Phi) is 3.35. The van der Waals surface area contributed by atoms with Crippen molar-refractivity contribution < 1.29 is 18.3 Å². The van der Waals surface area contributed by atoms with Crippen molar-refractivity contribution in [2.45, 2.75) is 43.4 Å². The smallest absolute Gasteiger partial charge is 0.310 e. The summed E-state index contributed by atoms with van der Waals surface area (Å²) in [6.45, 7) is 2.13. The summed E-state index contributed by atoms with van der Waals surface area (Å²) in [5, 5.41) is 9.84. The van der Waals surface area contributed by atoms with Gasteiger partial charge in [-0.2, -0.15) is 0 Å². The SMILES string of the molecule is CC1CCC(C(=O)O)(C2CS(=O)(=O)c3ccccc32)CC1. The quantitative estimate of drug-likeness (QED) is 0.912. The van der Waals surface area contributed by atoms with Crippen molar-refractivity contribution in [3.63, 3.8) is 0 Å². The highest BCUT2D eigenvalue weighted by atomic mass is 32.2. The molecule has 1 heterocycles. The average Bonchev–Trinajstić information content (AvgIpc) is 2.73. The number of sulfone groups is 1. The zero-order chi connectivity index (χ0) is 15.3. The minimum absolute atomic E-state index is 0.0625. The molecule has 114 valence electrons. The second-order valence-electron chi connectivity index (χ2n) is 6.52. The first kappa shape index (κ1) is 14.6. The van der Waals surface area contributed by atoms with Crippen LogP contribution in [0.2, 0.25) is 0 Å². The number of aliphatic carboxylic acids is 1. The van der Waals surface area contributed by atoms with Gasteiger partial charge in [0.05, 0.1) is 16.1 Å². The molecular formula is C16H20O4S. The summed E-state index contributed by atoms with van der Waals surface area (Å²) in [7, 11) is -3.35. The molecule has 0 saturated heterocycles. The van der Waals surface area contributed by atoms with Crippen molar-refractivity contribution >= 4 is 15.8 Å².